The summed E-state index contributed by atoms with van der Waals surface area (Å²) >= 11 is 0. The molecule has 0 amide bonds. The third-order valence-corrected chi connectivity index (χ3v) is 9.61. The van der Waals surface area contributed by atoms with Gasteiger partial charge in [-0.3, -0.25) is 0 Å². The highest BCUT2D eigenvalue weighted by molar-refractivity contribution is 6.22. The Morgan fingerprint density at radius 3 is 1.52 bits per heavy atom. The van der Waals surface area contributed by atoms with Gasteiger partial charge in [0.1, 0.15) is 0 Å². The number of nitrogens with one attached hydrogen (secondary N) is 1. The van der Waals surface area contributed by atoms with Crippen LogP contribution in [-0.2, 0) is 0 Å². The summed E-state index contributed by atoms with van der Waals surface area (Å²) in [6.07, 6.45) is 0. The van der Waals surface area contributed by atoms with Crippen molar-refractivity contribution in [2.45, 2.75) is 0 Å². The van der Waals surface area contributed by atoms with E-state index in [0.29, 0.717) is 17.5 Å². The van der Waals surface area contributed by atoms with Gasteiger partial charge in [0.05, 0.1) is 16.6 Å². The average Bonchev–Trinajstić information content (AvgIpc) is 3.75. The minimum absolute atomic E-state index is 0.632. The molecule has 0 radical (unpaired) electrons. The van der Waals surface area contributed by atoms with Crippen LogP contribution in [0, 0.1) is 0 Å². The summed E-state index contributed by atoms with van der Waals surface area (Å²) in [7, 11) is 0. The van der Waals surface area contributed by atoms with Crippen molar-refractivity contribution < 1.29 is 0 Å². The van der Waals surface area contributed by atoms with Crippen LogP contribution in [0.3, 0.4) is 0 Å². The standard InChI is InChI=1S/C45H29N5/c1-3-11-29(12-4-1)30-19-21-32(22-20-30)44-47-43(31-13-5-2-6-14-31)48-45(49-44)33-23-25-34(26-24-33)50-40-18-10-8-16-36(40)38-28-27-37-35-15-7-9-17-39(35)46-41(37)42(38)50/h1-28,46H. The van der Waals surface area contributed by atoms with Crippen LogP contribution >= 0.6 is 0 Å². The predicted octanol–water partition coefficient (Wildman–Crippen LogP) is 11.3. The first-order chi connectivity index (χ1) is 24.8. The summed E-state index contributed by atoms with van der Waals surface area (Å²) in [5, 5.41) is 4.89. The van der Waals surface area contributed by atoms with Gasteiger partial charge in [-0.1, -0.05) is 133 Å². The van der Waals surface area contributed by atoms with Crippen LogP contribution < -0.4 is 0 Å². The molecule has 0 aliphatic rings. The predicted molar refractivity (Wildman–Crippen MR) is 205 cm³/mol. The van der Waals surface area contributed by atoms with E-state index in [2.05, 4.69) is 143 Å². The molecular formula is C45H29N5. The number of rotatable bonds is 5. The van der Waals surface area contributed by atoms with Gasteiger partial charge in [0.2, 0.25) is 0 Å². The van der Waals surface area contributed by atoms with E-state index in [4.69, 9.17) is 15.0 Å². The van der Waals surface area contributed by atoms with Crippen LogP contribution in [0.5, 0.6) is 0 Å². The van der Waals surface area contributed by atoms with Crippen LogP contribution in [0.25, 0.3) is 94.6 Å². The Bertz CT molecular complexity index is 2830. The van der Waals surface area contributed by atoms with E-state index >= 15 is 0 Å². The molecule has 0 unspecified atom stereocenters. The molecule has 0 atom stereocenters. The van der Waals surface area contributed by atoms with Gasteiger partial charge in [-0.2, -0.15) is 0 Å². The van der Waals surface area contributed by atoms with Crippen molar-refractivity contribution in [2.24, 2.45) is 0 Å². The van der Waals surface area contributed by atoms with Crippen LogP contribution in [0.4, 0.5) is 0 Å². The average molecular weight is 640 g/mol. The summed E-state index contributed by atoms with van der Waals surface area (Å²) in [5.41, 5.74) is 10.8. The molecule has 0 saturated heterocycles. The molecule has 1 N–H and O–H groups in total. The number of fused-ring (bicyclic) bond motifs is 7. The summed E-state index contributed by atoms with van der Waals surface area (Å²) < 4.78 is 2.37. The molecule has 0 saturated carbocycles. The van der Waals surface area contributed by atoms with Gasteiger partial charge in [-0.15, -0.1) is 0 Å². The van der Waals surface area contributed by atoms with E-state index in [9.17, 15) is 0 Å². The smallest absolute Gasteiger partial charge is 0.164 e. The lowest BCUT2D eigenvalue weighted by molar-refractivity contribution is 1.07. The number of hydrogen-bond acceptors (Lipinski definition) is 3. The lowest BCUT2D eigenvalue weighted by atomic mass is 10.0. The number of aromatic amines is 1. The third-order valence-electron chi connectivity index (χ3n) is 9.61. The summed E-state index contributed by atoms with van der Waals surface area (Å²) in [6, 6.07) is 59.2. The normalized spacial score (nSPS) is 11.6. The fourth-order valence-electron chi connectivity index (χ4n) is 7.19. The Morgan fingerprint density at radius 2 is 0.840 bits per heavy atom. The molecule has 234 valence electrons. The Kier molecular flexibility index (Phi) is 6.42. The molecule has 10 aromatic rings. The largest absolute Gasteiger partial charge is 0.353 e. The van der Waals surface area contributed by atoms with E-state index in [0.717, 1.165) is 44.5 Å². The van der Waals surface area contributed by atoms with E-state index in [1.54, 1.807) is 0 Å². The van der Waals surface area contributed by atoms with Crippen molar-refractivity contribution in [3.63, 3.8) is 0 Å². The van der Waals surface area contributed by atoms with E-state index in [-0.39, 0.29) is 0 Å². The van der Waals surface area contributed by atoms with Crippen molar-refractivity contribution in [1.29, 1.82) is 0 Å². The second kappa shape index (κ2) is 11.4. The molecule has 10 rings (SSSR count). The second-order valence-corrected chi connectivity index (χ2v) is 12.6. The summed E-state index contributed by atoms with van der Waals surface area (Å²) in [5.74, 6) is 1.92. The Morgan fingerprint density at radius 1 is 0.360 bits per heavy atom. The van der Waals surface area contributed by atoms with Gasteiger partial charge >= 0.3 is 0 Å². The maximum absolute atomic E-state index is 5.03. The zero-order chi connectivity index (χ0) is 33.0. The van der Waals surface area contributed by atoms with Gasteiger partial charge in [0.15, 0.2) is 17.5 Å². The van der Waals surface area contributed by atoms with Gasteiger partial charge in [0, 0.05) is 49.4 Å². The lowest BCUT2D eigenvalue weighted by Crippen LogP contribution is -2.00. The van der Waals surface area contributed by atoms with E-state index in [1.165, 1.54) is 32.6 Å². The number of benzene rings is 7. The number of nitrogens with zero attached hydrogens (tertiary/aromatic N) is 4. The topological polar surface area (TPSA) is 59.4 Å². The van der Waals surface area contributed by atoms with Crippen molar-refractivity contribution in [2.75, 3.05) is 0 Å². The van der Waals surface area contributed by atoms with Gasteiger partial charge < -0.3 is 9.55 Å². The molecule has 50 heavy (non-hydrogen) atoms. The second-order valence-electron chi connectivity index (χ2n) is 12.6. The third kappa shape index (κ3) is 4.60. The highest BCUT2D eigenvalue weighted by Crippen LogP contribution is 2.39. The molecule has 0 aliphatic heterocycles. The first kappa shape index (κ1) is 28.2. The monoisotopic (exact) mass is 639 g/mol. The van der Waals surface area contributed by atoms with Crippen molar-refractivity contribution in [3.05, 3.63) is 170 Å². The Labute approximate surface area is 288 Å². The van der Waals surface area contributed by atoms with Gasteiger partial charge in [-0.05, 0) is 47.5 Å². The first-order valence-corrected chi connectivity index (χ1v) is 16.8. The SMILES string of the molecule is c1ccc(-c2ccc(-c3nc(-c4ccccc4)nc(-c4ccc(-n5c6ccccc6c6ccc7c8ccccc8[nH]c7c65)cc4)n3)cc2)cc1. The highest BCUT2D eigenvalue weighted by Gasteiger charge is 2.18. The number of para-hydroxylation sites is 2. The molecular weight excluding hydrogens is 611 g/mol. The fourth-order valence-corrected chi connectivity index (χ4v) is 7.19. The minimum Gasteiger partial charge on any atom is -0.353 e. The van der Waals surface area contributed by atoms with Crippen LogP contribution in [0.15, 0.2) is 170 Å². The molecule has 3 heterocycles. The highest BCUT2D eigenvalue weighted by atomic mass is 15.0. The molecule has 5 nitrogen and oxygen atoms in total. The zero-order valence-corrected chi connectivity index (χ0v) is 27.0. The molecule has 3 aromatic heterocycles. The molecule has 0 aliphatic carbocycles. The van der Waals surface area contributed by atoms with Crippen molar-refractivity contribution in [1.82, 2.24) is 24.5 Å². The van der Waals surface area contributed by atoms with E-state index < -0.39 is 0 Å². The zero-order valence-electron chi connectivity index (χ0n) is 27.0. The van der Waals surface area contributed by atoms with Crippen LogP contribution in [-0.4, -0.2) is 24.5 Å². The van der Waals surface area contributed by atoms with Crippen LogP contribution in [0.2, 0.25) is 0 Å². The summed E-state index contributed by atoms with van der Waals surface area (Å²) in [4.78, 5) is 18.7. The molecule has 0 bridgehead atoms. The van der Waals surface area contributed by atoms with Gasteiger partial charge in [-0.25, -0.2) is 15.0 Å². The number of hydrogen-bond donors (Lipinski definition) is 1. The quantitative estimate of drug-likeness (QED) is 0.204. The van der Waals surface area contributed by atoms with Crippen molar-refractivity contribution >= 4 is 43.6 Å². The summed E-state index contributed by atoms with van der Waals surface area (Å²) in [6.45, 7) is 0. The van der Waals surface area contributed by atoms with Crippen molar-refractivity contribution in [3.8, 4) is 51.0 Å². The Balaban J connectivity index is 1.11. The molecule has 0 fully saturated rings. The van der Waals surface area contributed by atoms with Crippen LogP contribution in [0.1, 0.15) is 0 Å². The lowest BCUT2D eigenvalue weighted by Gasteiger charge is -2.11. The first-order valence-electron chi connectivity index (χ1n) is 16.8. The fraction of sp³-hybridized carbons (Fsp3) is 0. The van der Waals surface area contributed by atoms with E-state index in [1.807, 2.05) is 36.4 Å². The number of aromatic nitrogens is 5. The molecule has 5 heteroatoms. The maximum atomic E-state index is 5.03. The molecule has 0 spiro atoms. The number of H-pyrrole nitrogens is 1. The maximum Gasteiger partial charge on any atom is 0.164 e. The minimum atomic E-state index is 0.632. The Hall–Kier alpha value is -6.85. The van der Waals surface area contributed by atoms with Gasteiger partial charge in [0.25, 0.3) is 0 Å². The molecule has 7 aromatic carbocycles.